The summed E-state index contributed by atoms with van der Waals surface area (Å²) in [6, 6.07) is 1.76. The van der Waals surface area contributed by atoms with Crippen LogP contribution < -0.4 is 10.1 Å². The van der Waals surface area contributed by atoms with E-state index in [-0.39, 0.29) is 6.10 Å². The van der Waals surface area contributed by atoms with Crippen LogP contribution in [-0.4, -0.2) is 32.6 Å². The standard InChI is InChI=1S/C13H19N5O/c1-10(2)19-12-5-7-17-13(18-12)16-6-3-4-11-14-8-9-15-11/h5,7-10H,3-4,6H2,1-2H3,(H,14,15)(H,16,17,18). The van der Waals surface area contributed by atoms with Crippen molar-refractivity contribution >= 4 is 5.95 Å². The summed E-state index contributed by atoms with van der Waals surface area (Å²) < 4.78 is 5.51. The lowest BCUT2D eigenvalue weighted by molar-refractivity contribution is 0.232. The molecular weight excluding hydrogens is 242 g/mol. The molecule has 0 atom stereocenters. The van der Waals surface area contributed by atoms with Crippen molar-refractivity contribution in [3.8, 4) is 5.88 Å². The first-order valence-electron chi connectivity index (χ1n) is 6.46. The predicted molar refractivity (Wildman–Crippen MR) is 73.2 cm³/mol. The maximum absolute atomic E-state index is 5.51. The van der Waals surface area contributed by atoms with Gasteiger partial charge >= 0.3 is 0 Å². The highest BCUT2D eigenvalue weighted by Gasteiger charge is 2.02. The van der Waals surface area contributed by atoms with Gasteiger partial charge in [0.25, 0.3) is 0 Å². The smallest absolute Gasteiger partial charge is 0.225 e. The quantitative estimate of drug-likeness (QED) is 0.746. The van der Waals surface area contributed by atoms with Gasteiger partial charge in [-0.3, -0.25) is 0 Å². The van der Waals surface area contributed by atoms with E-state index in [1.807, 2.05) is 20.0 Å². The van der Waals surface area contributed by atoms with E-state index in [9.17, 15) is 0 Å². The summed E-state index contributed by atoms with van der Waals surface area (Å²) in [6.07, 6.45) is 7.27. The summed E-state index contributed by atoms with van der Waals surface area (Å²) in [6.45, 7) is 4.74. The zero-order valence-corrected chi connectivity index (χ0v) is 11.3. The molecule has 0 amide bonds. The minimum Gasteiger partial charge on any atom is -0.475 e. The highest BCUT2D eigenvalue weighted by molar-refractivity contribution is 5.27. The fraction of sp³-hybridized carbons (Fsp3) is 0.462. The second-order valence-corrected chi connectivity index (χ2v) is 4.45. The zero-order chi connectivity index (χ0) is 13.5. The Morgan fingerprint density at radius 3 is 2.95 bits per heavy atom. The lowest BCUT2D eigenvalue weighted by atomic mass is 10.3. The summed E-state index contributed by atoms with van der Waals surface area (Å²) >= 11 is 0. The molecule has 2 aromatic rings. The molecule has 0 saturated heterocycles. The number of aryl methyl sites for hydroxylation is 1. The SMILES string of the molecule is CC(C)Oc1ccnc(NCCCc2ncc[nH]2)n1. The van der Waals surface area contributed by atoms with E-state index in [2.05, 4.69) is 25.3 Å². The van der Waals surface area contributed by atoms with Gasteiger partial charge in [0.15, 0.2) is 0 Å². The van der Waals surface area contributed by atoms with E-state index in [4.69, 9.17) is 4.74 Å². The summed E-state index contributed by atoms with van der Waals surface area (Å²) in [4.78, 5) is 15.7. The van der Waals surface area contributed by atoms with Gasteiger partial charge in [-0.15, -0.1) is 0 Å². The van der Waals surface area contributed by atoms with Crippen LogP contribution in [0.15, 0.2) is 24.7 Å². The van der Waals surface area contributed by atoms with E-state index >= 15 is 0 Å². The number of anilines is 1. The summed E-state index contributed by atoms with van der Waals surface area (Å²) in [5.41, 5.74) is 0. The Bertz CT molecular complexity index is 484. The molecule has 0 spiro atoms. The van der Waals surface area contributed by atoms with Crippen LogP contribution >= 0.6 is 0 Å². The van der Waals surface area contributed by atoms with E-state index in [0.29, 0.717) is 11.8 Å². The van der Waals surface area contributed by atoms with Crippen molar-refractivity contribution in [3.63, 3.8) is 0 Å². The molecule has 102 valence electrons. The lowest BCUT2D eigenvalue weighted by Crippen LogP contribution is -2.10. The minimum absolute atomic E-state index is 0.113. The van der Waals surface area contributed by atoms with Crippen molar-refractivity contribution in [3.05, 3.63) is 30.5 Å². The van der Waals surface area contributed by atoms with Gasteiger partial charge in [-0.05, 0) is 20.3 Å². The number of aromatic amines is 1. The van der Waals surface area contributed by atoms with Gasteiger partial charge in [-0.25, -0.2) is 9.97 Å². The molecule has 0 aromatic carbocycles. The van der Waals surface area contributed by atoms with Gasteiger partial charge in [-0.2, -0.15) is 4.98 Å². The third kappa shape index (κ3) is 4.57. The number of nitrogens with zero attached hydrogens (tertiary/aromatic N) is 3. The zero-order valence-electron chi connectivity index (χ0n) is 11.3. The number of H-pyrrole nitrogens is 1. The van der Waals surface area contributed by atoms with Crippen LogP contribution in [0.4, 0.5) is 5.95 Å². The Hall–Kier alpha value is -2.11. The Kier molecular flexibility index (Phi) is 4.72. The number of hydrogen-bond donors (Lipinski definition) is 2. The van der Waals surface area contributed by atoms with Gasteiger partial charge in [0.05, 0.1) is 6.10 Å². The topological polar surface area (TPSA) is 75.7 Å². The normalized spacial score (nSPS) is 10.7. The van der Waals surface area contributed by atoms with Crippen molar-refractivity contribution in [2.24, 2.45) is 0 Å². The number of imidazole rings is 1. The molecule has 0 fully saturated rings. The van der Waals surface area contributed by atoms with Crippen LogP contribution in [0.3, 0.4) is 0 Å². The Morgan fingerprint density at radius 2 is 2.21 bits per heavy atom. The fourth-order valence-electron chi connectivity index (χ4n) is 1.63. The molecule has 0 aliphatic carbocycles. The van der Waals surface area contributed by atoms with Crippen molar-refractivity contribution in [2.45, 2.75) is 32.8 Å². The van der Waals surface area contributed by atoms with Crippen LogP contribution in [0.2, 0.25) is 0 Å². The van der Waals surface area contributed by atoms with Crippen LogP contribution in [-0.2, 0) is 6.42 Å². The summed E-state index contributed by atoms with van der Waals surface area (Å²) in [5, 5.41) is 3.18. The third-order valence-corrected chi connectivity index (χ3v) is 2.41. The number of aromatic nitrogens is 4. The molecule has 2 rings (SSSR count). The second kappa shape index (κ2) is 6.72. The first-order valence-corrected chi connectivity index (χ1v) is 6.46. The largest absolute Gasteiger partial charge is 0.475 e. The number of ether oxygens (including phenoxy) is 1. The fourth-order valence-corrected chi connectivity index (χ4v) is 1.63. The van der Waals surface area contributed by atoms with Crippen LogP contribution in [0.5, 0.6) is 5.88 Å². The molecule has 2 N–H and O–H groups in total. The second-order valence-electron chi connectivity index (χ2n) is 4.45. The van der Waals surface area contributed by atoms with E-state index in [1.54, 1.807) is 18.5 Å². The highest BCUT2D eigenvalue weighted by atomic mass is 16.5. The van der Waals surface area contributed by atoms with Crippen LogP contribution in [0.25, 0.3) is 0 Å². The lowest BCUT2D eigenvalue weighted by Gasteiger charge is -2.09. The molecule has 6 nitrogen and oxygen atoms in total. The first-order chi connectivity index (χ1) is 9.24. The van der Waals surface area contributed by atoms with Crippen molar-refractivity contribution in [2.75, 3.05) is 11.9 Å². The highest BCUT2D eigenvalue weighted by Crippen LogP contribution is 2.10. The van der Waals surface area contributed by atoms with Gasteiger partial charge in [0, 0.05) is 37.6 Å². The van der Waals surface area contributed by atoms with Gasteiger partial charge < -0.3 is 15.0 Å². The number of rotatable bonds is 7. The Labute approximate surface area is 112 Å². The average Bonchev–Trinajstić information content (AvgIpc) is 2.87. The minimum atomic E-state index is 0.113. The molecule has 0 radical (unpaired) electrons. The van der Waals surface area contributed by atoms with Gasteiger partial charge in [0.1, 0.15) is 5.82 Å². The maximum atomic E-state index is 5.51. The third-order valence-electron chi connectivity index (χ3n) is 2.41. The molecule has 0 aliphatic rings. The molecule has 0 unspecified atom stereocenters. The summed E-state index contributed by atoms with van der Waals surface area (Å²) in [5.74, 6) is 2.19. The molecular formula is C13H19N5O. The summed E-state index contributed by atoms with van der Waals surface area (Å²) in [7, 11) is 0. The van der Waals surface area contributed by atoms with Gasteiger partial charge in [-0.1, -0.05) is 0 Å². The molecule has 0 aliphatic heterocycles. The first kappa shape index (κ1) is 13.3. The molecule has 6 heteroatoms. The van der Waals surface area contributed by atoms with E-state index in [0.717, 1.165) is 25.2 Å². The molecule has 2 aromatic heterocycles. The van der Waals surface area contributed by atoms with Crippen molar-refractivity contribution in [1.29, 1.82) is 0 Å². The monoisotopic (exact) mass is 261 g/mol. The van der Waals surface area contributed by atoms with Gasteiger partial charge in [0.2, 0.25) is 11.8 Å². The van der Waals surface area contributed by atoms with Crippen LogP contribution in [0.1, 0.15) is 26.1 Å². The Morgan fingerprint density at radius 1 is 1.32 bits per heavy atom. The maximum Gasteiger partial charge on any atom is 0.225 e. The number of hydrogen-bond acceptors (Lipinski definition) is 5. The van der Waals surface area contributed by atoms with E-state index in [1.165, 1.54) is 0 Å². The molecule has 0 bridgehead atoms. The predicted octanol–water partition coefficient (Wildman–Crippen LogP) is 2.03. The average molecular weight is 261 g/mol. The number of nitrogens with one attached hydrogen (secondary N) is 2. The van der Waals surface area contributed by atoms with Crippen molar-refractivity contribution in [1.82, 2.24) is 19.9 Å². The molecule has 2 heterocycles. The Balaban J connectivity index is 1.76. The molecule has 19 heavy (non-hydrogen) atoms. The van der Waals surface area contributed by atoms with Crippen LogP contribution in [0, 0.1) is 0 Å². The molecule has 0 saturated carbocycles. The van der Waals surface area contributed by atoms with E-state index < -0.39 is 0 Å². The van der Waals surface area contributed by atoms with Crippen molar-refractivity contribution < 1.29 is 4.74 Å².